The average molecular weight is 268 g/mol. The van der Waals surface area contributed by atoms with E-state index in [1.807, 2.05) is 0 Å². The molecule has 0 radical (unpaired) electrons. The van der Waals surface area contributed by atoms with Crippen molar-refractivity contribution in [2.45, 2.75) is 0 Å². The van der Waals surface area contributed by atoms with Crippen molar-refractivity contribution in [2.75, 3.05) is 0 Å². The van der Waals surface area contributed by atoms with Crippen LogP contribution in [0.1, 0.15) is 1.43 Å². The second kappa shape index (κ2) is 7.08. The van der Waals surface area contributed by atoms with Crippen LogP contribution in [0.5, 0.6) is 0 Å². The molecule has 0 aromatic heterocycles. The van der Waals surface area contributed by atoms with Crippen LogP contribution in [-0.4, -0.2) is 25.9 Å². The van der Waals surface area contributed by atoms with E-state index in [-0.39, 0.29) is 66.3 Å². The van der Waals surface area contributed by atoms with Crippen molar-refractivity contribution in [3.8, 4) is 0 Å². The molecule has 8 nitrogen and oxygen atoms in total. The molecule has 12 heavy (non-hydrogen) atoms. The first kappa shape index (κ1) is 19.3. The van der Waals surface area contributed by atoms with Gasteiger partial charge in [0.15, 0.2) is 0 Å². The fraction of sp³-hybridized carbons (Fsp3) is 0. The van der Waals surface area contributed by atoms with Gasteiger partial charge in [0, 0.05) is 0 Å². The summed E-state index contributed by atoms with van der Waals surface area (Å²) >= 11 is 0. The summed E-state index contributed by atoms with van der Waals surface area (Å²) in [5.74, 6) is 0. The van der Waals surface area contributed by atoms with Gasteiger partial charge in [0.2, 0.25) is 0 Å². The van der Waals surface area contributed by atoms with E-state index in [0.717, 1.165) is 0 Å². The van der Waals surface area contributed by atoms with E-state index >= 15 is 0 Å². The van der Waals surface area contributed by atoms with Crippen molar-refractivity contribution in [1.82, 2.24) is 0 Å². The summed E-state index contributed by atoms with van der Waals surface area (Å²) in [6.45, 7) is 0. The van der Waals surface area contributed by atoms with Crippen LogP contribution in [0.4, 0.5) is 0 Å². The van der Waals surface area contributed by atoms with E-state index in [9.17, 15) is 16.8 Å². The first-order chi connectivity index (χ1) is 4.21. The van der Waals surface area contributed by atoms with Crippen LogP contribution < -0.4 is 51.4 Å². The third-order valence-corrected chi connectivity index (χ3v) is 0.766. The quantitative estimate of drug-likeness (QED) is 0.228. The zero-order chi connectivity index (χ0) is 8.41. The van der Waals surface area contributed by atoms with Crippen molar-refractivity contribution in [2.24, 2.45) is 0 Å². The maximum atomic E-state index is 9.51. The van der Waals surface area contributed by atoms with Gasteiger partial charge in [0.25, 0.3) is 0 Å². The molecule has 0 spiro atoms. The summed E-state index contributed by atoms with van der Waals surface area (Å²) in [5.41, 5.74) is 0. The second-order valence-electron chi connectivity index (χ2n) is 0.992. The summed E-state index contributed by atoms with van der Waals surface area (Å²) < 4.78 is 58.9. The van der Waals surface area contributed by atoms with Gasteiger partial charge in [-0.15, -0.1) is 0 Å². The zero-order valence-corrected chi connectivity index (χ0v) is 11.4. The van der Waals surface area contributed by atoms with E-state index < -0.39 is 20.8 Å². The van der Waals surface area contributed by atoms with Gasteiger partial charge in [-0.2, -0.15) is 30.3 Å². The molecule has 12 heteroatoms. The Morgan fingerprint density at radius 1 is 0.917 bits per heavy atom. The Kier molecular flexibility index (Phi) is 11.4. The zero-order valence-electron chi connectivity index (χ0n) is 6.66. The van der Waals surface area contributed by atoms with Gasteiger partial charge in [0.05, 0.1) is 0 Å². The molecular weight excluding hydrogens is 263 g/mol. The summed E-state index contributed by atoms with van der Waals surface area (Å²) in [4.78, 5) is 0. The smallest absolute Gasteiger partial charge is 1.00 e. The van der Waals surface area contributed by atoms with Crippen LogP contribution in [-0.2, 0) is 29.5 Å². The maximum absolute atomic E-state index is 9.51. The minimum Gasteiger partial charge on any atom is -1.00 e. The molecule has 0 aromatic carbocycles. The van der Waals surface area contributed by atoms with E-state index in [2.05, 4.69) is 8.67 Å². The van der Waals surface area contributed by atoms with E-state index in [0.29, 0.717) is 0 Å². The van der Waals surface area contributed by atoms with Gasteiger partial charge in [-0.3, -0.25) is 9.11 Å². The second-order valence-corrected chi connectivity index (χ2v) is 2.97. The van der Waals surface area contributed by atoms with Crippen molar-refractivity contribution in [1.29, 1.82) is 0 Å². The van der Waals surface area contributed by atoms with Crippen LogP contribution in [0, 0.1) is 0 Å². The Balaban J connectivity index is -0.000000135. The molecule has 0 saturated carbocycles. The third kappa shape index (κ3) is 17.7. The normalized spacial score (nSPS) is 11.2. The Bertz CT molecular complexity index is 255. The number of hydrogen-bond acceptors (Lipinski definition) is 6. The summed E-state index contributed by atoms with van der Waals surface area (Å²) in [6, 6.07) is 0. The molecule has 0 fully saturated rings. The largest absolute Gasteiger partial charge is 1.00 e. The molecule has 0 heterocycles. The fourth-order valence-electron chi connectivity index (χ4n) is 0.0702. The van der Waals surface area contributed by atoms with Crippen LogP contribution in [0.15, 0.2) is 0 Å². The minimum atomic E-state index is -5.02. The number of rotatable bonds is 3. The van der Waals surface area contributed by atoms with Crippen molar-refractivity contribution < 1.29 is 87.4 Å². The molecule has 0 aliphatic carbocycles. The van der Waals surface area contributed by atoms with E-state index in [1.54, 1.807) is 0 Å². The molecule has 2 N–H and O–H groups in total. The van der Waals surface area contributed by atoms with Crippen molar-refractivity contribution in [3.63, 3.8) is 0 Å². The monoisotopic (exact) mass is 268 g/mol. The standard InChI is InChI=1S/K.H2O8S2.H2S.H/c;1-9(2,3)7-8-10(4,5)6;;/h;(H,1,2,3)(H,4,5,6);1H2;/q+1;;;-1. The van der Waals surface area contributed by atoms with Gasteiger partial charge in [-0.1, -0.05) is 8.67 Å². The van der Waals surface area contributed by atoms with Gasteiger partial charge < -0.3 is 1.43 Å². The summed E-state index contributed by atoms with van der Waals surface area (Å²) in [6.07, 6.45) is 0. The Hall–Kier alpha value is 1.73. The van der Waals surface area contributed by atoms with Crippen LogP contribution >= 0.6 is 13.5 Å². The van der Waals surface area contributed by atoms with Gasteiger partial charge in [-0.05, 0) is 0 Å². The molecule has 0 aliphatic rings. The molecule has 0 bridgehead atoms. The summed E-state index contributed by atoms with van der Waals surface area (Å²) in [7, 11) is -10.0. The Morgan fingerprint density at radius 2 is 1.08 bits per heavy atom. The predicted molar refractivity (Wildman–Crippen MR) is 36.8 cm³/mol. The van der Waals surface area contributed by atoms with Crippen molar-refractivity contribution >= 4 is 34.3 Å². The molecule has 0 rings (SSSR count). The first-order valence-corrected chi connectivity index (χ1v) is 4.26. The first-order valence-electron chi connectivity index (χ1n) is 1.53. The molecule has 72 valence electrons. The van der Waals surface area contributed by atoms with Crippen molar-refractivity contribution in [3.05, 3.63) is 0 Å². The SMILES string of the molecule is O=S(=O)(O)OOS(=O)(=O)O.S.[H-].[K+]. The van der Waals surface area contributed by atoms with Crippen LogP contribution in [0.25, 0.3) is 0 Å². The molecule has 0 saturated heterocycles. The maximum Gasteiger partial charge on any atom is 1.00 e. The Morgan fingerprint density at radius 3 is 1.17 bits per heavy atom. The molecule has 0 aromatic rings. The van der Waals surface area contributed by atoms with Crippen LogP contribution in [0.2, 0.25) is 0 Å². The van der Waals surface area contributed by atoms with E-state index in [1.165, 1.54) is 0 Å². The molecule has 0 atom stereocenters. The summed E-state index contributed by atoms with van der Waals surface area (Å²) in [5, 5.41) is 0. The van der Waals surface area contributed by atoms with E-state index in [4.69, 9.17) is 9.11 Å². The fourth-order valence-corrected chi connectivity index (χ4v) is 0.632. The molecule has 0 unspecified atom stereocenters. The molecule has 0 aliphatic heterocycles. The van der Waals surface area contributed by atoms with Gasteiger partial charge in [0.1, 0.15) is 0 Å². The van der Waals surface area contributed by atoms with Crippen LogP contribution in [0.3, 0.4) is 0 Å². The van der Waals surface area contributed by atoms with Gasteiger partial charge in [-0.25, -0.2) is 0 Å². The predicted octanol–water partition coefficient (Wildman–Crippen LogP) is -4.23. The molecule has 0 amide bonds. The Labute approximate surface area is 120 Å². The van der Waals surface area contributed by atoms with Gasteiger partial charge >= 0.3 is 72.2 Å². The third-order valence-electron chi connectivity index (χ3n) is 0.200. The average Bonchev–Trinajstić information content (AvgIpc) is 1.57. The number of hydrogen-bond donors (Lipinski definition) is 2. The molecular formula is H5KO8S3. The topological polar surface area (TPSA) is 127 Å². The minimum absolute atomic E-state index is 0.